The number of imide groups is 1. The van der Waals surface area contributed by atoms with Crippen molar-refractivity contribution in [2.75, 3.05) is 6.61 Å². The second kappa shape index (κ2) is 10.4. The summed E-state index contributed by atoms with van der Waals surface area (Å²) >= 11 is 0.904. The number of amides is 2. The summed E-state index contributed by atoms with van der Waals surface area (Å²) < 4.78 is 11.2. The molecule has 1 fully saturated rings. The number of thioether (sulfide) groups is 1. The van der Waals surface area contributed by atoms with Crippen molar-refractivity contribution in [3.8, 4) is 11.5 Å². The average Bonchev–Trinajstić information content (AvgIpc) is 3.08. The fourth-order valence-electron chi connectivity index (χ4n) is 3.48. The Hall–Kier alpha value is -3.84. The lowest BCUT2D eigenvalue weighted by Gasteiger charge is -2.13. The number of carbonyl (C=O) groups excluding carboxylic acids is 3. The molecule has 1 aliphatic rings. The number of hydrogen-bond donors (Lipinski definition) is 0. The lowest BCUT2D eigenvalue weighted by Crippen LogP contribution is -2.27. The molecule has 0 spiro atoms. The van der Waals surface area contributed by atoms with Crippen molar-refractivity contribution < 1.29 is 23.9 Å². The normalized spacial score (nSPS) is 14.5. The van der Waals surface area contributed by atoms with Crippen LogP contribution in [-0.4, -0.2) is 28.6 Å². The van der Waals surface area contributed by atoms with Gasteiger partial charge in [0.25, 0.3) is 11.1 Å². The third kappa shape index (κ3) is 5.38. The van der Waals surface area contributed by atoms with Crippen LogP contribution in [0.1, 0.15) is 34.0 Å². The first kappa shape index (κ1) is 23.3. The topological polar surface area (TPSA) is 72.9 Å². The van der Waals surface area contributed by atoms with Gasteiger partial charge in [-0.05, 0) is 67.1 Å². The zero-order chi connectivity index (χ0) is 24.1. The van der Waals surface area contributed by atoms with Gasteiger partial charge in [0.2, 0.25) is 0 Å². The van der Waals surface area contributed by atoms with Gasteiger partial charge in [-0.1, -0.05) is 54.1 Å². The lowest BCUT2D eigenvalue weighted by molar-refractivity contribution is -0.123. The SMILES string of the molecule is CCOc1cc(/C=C2\SC(=O)N(Cc3cccc(C)c3)C2=O)ccc1OC(=O)c1ccccc1. The highest BCUT2D eigenvalue weighted by Gasteiger charge is 2.35. The third-order valence-corrected chi connectivity index (χ3v) is 5.98. The van der Waals surface area contributed by atoms with Crippen molar-refractivity contribution in [2.45, 2.75) is 20.4 Å². The number of rotatable bonds is 7. The van der Waals surface area contributed by atoms with Crippen LogP contribution in [0.4, 0.5) is 4.79 Å². The Morgan fingerprint density at radius 1 is 0.971 bits per heavy atom. The molecule has 3 aromatic rings. The largest absolute Gasteiger partial charge is 0.490 e. The van der Waals surface area contributed by atoms with Crippen LogP contribution < -0.4 is 9.47 Å². The van der Waals surface area contributed by atoms with E-state index in [4.69, 9.17) is 9.47 Å². The lowest BCUT2D eigenvalue weighted by atomic mass is 10.1. The molecule has 3 aromatic carbocycles. The van der Waals surface area contributed by atoms with Crippen molar-refractivity contribution in [3.05, 3.63) is 100.0 Å². The Morgan fingerprint density at radius 3 is 2.50 bits per heavy atom. The summed E-state index contributed by atoms with van der Waals surface area (Å²) in [4.78, 5) is 39.4. The number of carbonyl (C=O) groups is 3. The van der Waals surface area contributed by atoms with Gasteiger partial charge in [-0.2, -0.15) is 0 Å². The molecule has 0 aliphatic carbocycles. The van der Waals surface area contributed by atoms with Crippen LogP contribution >= 0.6 is 11.8 Å². The molecule has 34 heavy (non-hydrogen) atoms. The first-order chi connectivity index (χ1) is 16.4. The summed E-state index contributed by atoms with van der Waals surface area (Å²) in [6.45, 7) is 4.38. The Labute approximate surface area is 202 Å². The van der Waals surface area contributed by atoms with Crippen molar-refractivity contribution in [1.29, 1.82) is 0 Å². The van der Waals surface area contributed by atoms with Gasteiger partial charge in [-0.25, -0.2) is 4.79 Å². The van der Waals surface area contributed by atoms with Gasteiger partial charge >= 0.3 is 5.97 Å². The minimum atomic E-state index is -0.494. The highest BCUT2D eigenvalue weighted by atomic mass is 32.2. The van der Waals surface area contributed by atoms with Gasteiger partial charge in [0.05, 0.1) is 23.6 Å². The quantitative estimate of drug-likeness (QED) is 0.244. The fraction of sp³-hybridized carbons (Fsp3) is 0.148. The maximum absolute atomic E-state index is 12.9. The van der Waals surface area contributed by atoms with E-state index in [0.29, 0.717) is 28.4 Å². The number of esters is 1. The predicted octanol–water partition coefficient (Wildman–Crippen LogP) is 5.85. The summed E-state index contributed by atoms with van der Waals surface area (Å²) in [7, 11) is 0. The number of hydrogen-bond acceptors (Lipinski definition) is 6. The van der Waals surface area contributed by atoms with E-state index in [0.717, 1.165) is 22.9 Å². The summed E-state index contributed by atoms with van der Waals surface area (Å²) in [5.74, 6) is -0.180. The van der Waals surface area contributed by atoms with Gasteiger partial charge in [-0.15, -0.1) is 0 Å². The van der Waals surface area contributed by atoms with E-state index in [-0.39, 0.29) is 23.4 Å². The smallest absolute Gasteiger partial charge is 0.343 e. The van der Waals surface area contributed by atoms with Gasteiger partial charge in [0.15, 0.2) is 11.5 Å². The Kier molecular flexibility index (Phi) is 7.13. The van der Waals surface area contributed by atoms with Gasteiger partial charge < -0.3 is 9.47 Å². The van der Waals surface area contributed by atoms with Crippen LogP contribution in [-0.2, 0) is 11.3 Å². The van der Waals surface area contributed by atoms with Crippen LogP contribution in [0, 0.1) is 6.92 Å². The second-order valence-corrected chi connectivity index (χ2v) is 8.64. The Balaban J connectivity index is 1.54. The van der Waals surface area contributed by atoms with Crippen LogP contribution in [0.2, 0.25) is 0 Å². The number of aryl methyl sites for hydroxylation is 1. The Morgan fingerprint density at radius 2 is 1.76 bits per heavy atom. The Bertz CT molecular complexity index is 1270. The van der Waals surface area contributed by atoms with E-state index in [2.05, 4.69) is 0 Å². The zero-order valence-electron chi connectivity index (χ0n) is 18.8. The molecular formula is C27H23NO5S. The second-order valence-electron chi connectivity index (χ2n) is 7.65. The monoisotopic (exact) mass is 473 g/mol. The van der Waals surface area contributed by atoms with Crippen molar-refractivity contribution in [1.82, 2.24) is 4.90 Å². The molecule has 6 nitrogen and oxygen atoms in total. The predicted molar refractivity (Wildman–Crippen MR) is 132 cm³/mol. The number of benzene rings is 3. The molecule has 0 N–H and O–H groups in total. The molecule has 1 aliphatic heterocycles. The molecule has 1 saturated heterocycles. The van der Waals surface area contributed by atoms with Crippen LogP contribution in [0.15, 0.2) is 77.7 Å². The molecule has 0 radical (unpaired) electrons. The van der Waals surface area contributed by atoms with E-state index in [9.17, 15) is 14.4 Å². The zero-order valence-corrected chi connectivity index (χ0v) is 19.6. The highest BCUT2D eigenvalue weighted by molar-refractivity contribution is 8.18. The van der Waals surface area contributed by atoms with Gasteiger partial charge in [-0.3, -0.25) is 14.5 Å². The van der Waals surface area contributed by atoms with E-state index < -0.39 is 5.97 Å². The molecule has 7 heteroatoms. The van der Waals surface area contributed by atoms with Crippen molar-refractivity contribution in [2.24, 2.45) is 0 Å². The molecule has 0 unspecified atom stereocenters. The summed E-state index contributed by atoms with van der Waals surface area (Å²) in [6, 6.07) is 21.4. The van der Waals surface area contributed by atoms with E-state index >= 15 is 0 Å². The minimum absolute atomic E-state index is 0.224. The maximum atomic E-state index is 12.9. The fourth-order valence-corrected chi connectivity index (χ4v) is 4.32. The van der Waals surface area contributed by atoms with E-state index in [1.54, 1.807) is 48.5 Å². The number of nitrogens with zero attached hydrogens (tertiary/aromatic N) is 1. The summed E-state index contributed by atoms with van der Waals surface area (Å²) in [5.41, 5.74) is 3.05. The van der Waals surface area contributed by atoms with Gasteiger partial charge in [0, 0.05) is 0 Å². The average molecular weight is 474 g/mol. The summed E-state index contributed by atoms with van der Waals surface area (Å²) in [6.07, 6.45) is 1.65. The molecule has 2 amide bonds. The molecule has 0 aromatic heterocycles. The molecular weight excluding hydrogens is 450 g/mol. The summed E-state index contributed by atoms with van der Waals surface area (Å²) in [5, 5.41) is -0.309. The van der Waals surface area contributed by atoms with E-state index in [1.165, 1.54) is 4.90 Å². The molecule has 172 valence electrons. The highest BCUT2D eigenvalue weighted by Crippen LogP contribution is 2.35. The van der Waals surface area contributed by atoms with Gasteiger partial charge in [0.1, 0.15) is 0 Å². The number of ether oxygens (including phenoxy) is 2. The molecule has 4 rings (SSSR count). The standard InChI is InChI=1S/C27H23NO5S/c1-3-32-23-15-19(12-13-22(23)33-26(30)21-10-5-4-6-11-21)16-24-25(29)28(27(31)34-24)17-20-9-7-8-18(2)14-20/h4-16H,3,17H2,1-2H3/b24-16-. The van der Waals surface area contributed by atoms with Crippen LogP contribution in [0.3, 0.4) is 0 Å². The molecule has 0 bridgehead atoms. The maximum Gasteiger partial charge on any atom is 0.343 e. The molecule has 0 saturated carbocycles. The minimum Gasteiger partial charge on any atom is -0.490 e. The first-order valence-electron chi connectivity index (χ1n) is 10.8. The molecule has 0 atom stereocenters. The van der Waals surface area contributed by atoms with E-state index in [1.807, 2.05) is 44.2 Å². The van der Waals surface area contributed by atoms with Crippen molar-refractivity contribution in [3.63, 3.8) is 0 Å². The molecule has 1 heterocycles. The first-order valence-corrected chi connectivity index (χ1v) is 11.6. The van der Waals surface area contributed by atoms with Crippen LogP contribution in [0.25, 0.3) is 6.08 Å². The third-order valence-electron chi connectivity index (χ3n) is 5.07. The van der Waals surface area contributed by atoms with Crippen molar-refractivity contribution >= 4 is 35.0 Å². The van der Waals surface area contributed by atoms with Crippen LogP contribution in [0.5, 0.6) is 11.5 Å².